The third-order valence-electron chi connectivity index (χ3n) is 2.73. The van der Waals surface area contributed by atoms with E-state index < -0.39 is 0 Å². The van der Waals surface area contributed by atoms with Crippen molar-refractivity contribution in [2.75, 3.05) is 0 Å². The molecule has 0 spiro atoms. The highest BCUT2D eigenvalue weighted by Crippen LogP contribution is 2.22. The Kier molecular flexibility index (Phi) is 2.78. The molecule has 1 aromatic carbocycles. The molecular formula is C13H18N2. The third kappa shape index (κ3) is 2.21. The molecule has 0 radical (unpaired) electrons. The number of H-pyrrole nitrogens is 1. The first-order valence-electron chi connectivity index (χ1n) is 5.49. The van der Waals surface area contributed by atoms with E-state index in [1.807, 2.05) is 6.20 Å². The Labute approximate surface area is 90.5 Å². The first-order chi connectivity index (χ1) is 7.16. The molecule has 0 unspecified atom stereocenters. The lowest BCUT2D eigenvalue weighted by Crippen LogP contribution is -2.12. The molecule has 2 nitrogen and oxygen atoms in total. The standard InChI is InChI=1S/C13H18N2/c1-9(2)7-12(14)11-4-3-10-5-6-15-13(10)8-11/h3-6,8-9,12,15H,7,14H2,1-2H3/t12-/m1/s1. The summed E-state index contributed by atoms with van der Waals surface area (Å²) in [5.41, 5.74) is 8.54. The molecule has 15 heavy (non-hydrogen) atoms. The molecule has 1 aromatic heterocycles. The Bertz CT molecular complexity index is 442. The fourth-order valence-electron chi connectivity index (χ4n) is 1.94. The van der Waals surface area contributed by atoms with Gasteiger partial charge in [0.1, 0.15) is 0 Å². The van der Waals surface area contributed by atoms with Crippen LogP contribution >= 0.6 is 0 Å². The largest absolute Gasteiger partial charge is 0.361 e. The zero-order valence-electron chi connectivity index (χ0n) is 9.33. The molecule has 2 aromatic rings. The molecule has 80 valence electrons. The zero-order valence-corrected chi connectivity index (χ0v) is 9.33. The summed E-state index contributed by atoms with van der Waals surface area (Å²) in [6.45, 7) is 4.40. The highest BCUT2D eigenvalue weighted by Gasteiger charge is 2.08. The quantitative estimate of drug-likeness (QED) is 0.788. The number of rotatable bonds is 3. The van der Waals surface area contributed by atoms with Gasteiger partial charge in [-0.05, 0) is 35.4 Å². The van der Waals surface area contributed by atoms with Crippen LogP contribution in [0, 0.1) is 5.92 Å². The highest BCUT2D eigenvalue weighted by molar-refractivity contribution is 5.79. The van der Waals surface area contributed by atoms with Gasteiger partial charge in [-0.2, -0.15) is 0 Å². The monoisotopic (exact) mass is 202 g/mol. The zero-order chi connectivity index (χ0) is 10.8. The lowest BCUT2D eigenvalue weighted by atomic mass is 9.97. The molecule has 2 heteroatoms. The van der Waals surface area contributed by atoms with Crippen LogP contribution < -0.4 is 5.73 Å². The maximum atomic E-state index is 6.14. The molecule has 3 N–H and O–H groups in total. The van der Waals surface area contributed by atoms with Crippen LogP contribution in [0.15, 0.2) is 30.5 Å². The summed E-state index contributed by atoms with van der Waals surface area (Å²) in [4.78, 5) is 3.21. The lowest BCUT2D eigenvalue weighted by molar-refractivity contribution is 0.510. The summed E-state index contributed by atoms with van der Waals surface area (Å²) in [5, 5.41) is 1.25. The van der Waals surface area contributed by atoms with Gasteiger partial charge in [-0.3, -0.25) is 0 Å². The van der Waals surface area contributed by atoms with Crippen LogP contribution in [-0.4, -0.2) is 4.98 Å². The Morgan fingerprint density at radius 3 is 2.80 bits per heavy atom. The van der Waals surface area contributed by atoms with Gasteiger partial charge in [0.15, 0.2) is 0 Å². The molecule has 2 rings (SSSR count). The molecule has 0 saturated heterocycles. The van der Waals surface area contributed by atoms with E-state index in [0.29, 0.717) is 5.92 Å². The predicted octanol–water partition coefficient (Wildman–Crippen LogP) is 3.21. The number of hydrogen-bond acceptors (Lipinski definition) is 1. The number of fused-ring (bicyclic) bond motifs is 1. The molecule has 0 aliphatic rings. The number of aromatic nitrogens is 1. The smallest absolute Gasteiger partial charge is 0.0457 e. The number of nitrogens with two attached hydrogens (primary N) is 1. The van der Waals surface area contributed by atoms with Crippen molar-refractivity contribution in [1.82, 2.24) is 4.98 Å². The van der Waals surface area contributed by atoms with E-state index in [2.05, 4.69) is 43.1 Å². The number of nitrogens with one attached hydrogen (secondary N) is 1. The minimum Gasteiger partial charge on any atom is -0.361 e. The fraction of sp³-hybridized carbons (Fsp3) is 0.385. The SMILES string of the molecule is CC(C)C[C@@H](N)c1ccc2cc[nH]c2c1. The molecule has 1 heterocycles. The van der Waals surface area contributed by atoms with Crippen molar-refractivity contribution >= 4 is 10.9 Å². The topological polar surface area (TPSA) is 41.8 Å². The van der Waals surface area contributed by atoms with E-state index in [4.69, 9.17) is 5.73 Å². The fourth-order valence-corrected chi connectivity index (χ4v) is 1.94. The lowest BCUT2D eigenvalue weighted by Gasteiger charge is -2.14. The average molecular weight is 202 g/mol. The van der Waals surface area contributed by atoms with Gasteiger partial charge in [-0.25, -0.2) is 0 Å². The van der Waals surface area contributed by atoms with Crippen LogP contribution in [0.4, 0.5) is 0 Å². The van der Waals surface area contributed by atoms with Crippen molar-refractivity contribution in [2.45, 2.75) is 26.3 Å². The van der Waals surface area contributed by atoms with E-state index in [1.165, 1.54) is 16.5 Å². The molecular weight excluding hydrogens is 184 g/mol. The van der Waals surface area contributed by atoms with Crippen LogP contribution in [-0.2, 0) is 0 Å². The predicted molar refractivity (Wildman–Crippen MR) is 64.7 cm³/mol. The molecule has 0 amide bonds. The van der Waals surface area contributed by atoms with Gasteiger partial charge in [0, 0.05) is 17.8 Å². The second-order valence-corrected chi connectivity index (χ2v) is 4.56. The van der Waals surface area contributed by atoms with Crippen molar-refractivity contribution in [1.29, 1.82) is 0 Å². The van der Waals surface area contributed by atoms with Crippen molar-refractivity contribution < 1.29 is 0 Å². The van der Waals surface area contributed by atoms with E-state index >= 15 is 0 Å². The number of benzene rings is 1. The Balaban J connectivity index is 2.27. The summed E-state index contributed by atoms with van der Waals surface area (Å²) in [5.74, 6) is 0.638. The first-order valence-corrected chi connectivity index (χ1v) is 5.49. The van der Waals surface area contributed by atoms with Crippen molar-refractivity contribution in [2.24, 2.45) is 11.7 Å². The maximum Gasteiger partial charge on any atom is 0.0457 e. The second kappa shape index (κ2) is 4.07. The number of hydrogen-bond donors (Lipinski definition) is 2. The summed E-state index contributed by atoms with van der Waals surface area (Å²) < 4.78 is 0. The van der Waals surface area contributed by atoms with Gasteiger partial charge in [0.25, 0.3) is 0 Å². The van der Waals surface area contributed by atoms with Crippen LogP contribution in [0.1, 0.15) is 31.9 Å². The normalized spacial score (nSPS) is 13.6. The second-order valence-electron chi connectivity index (χ2n) is 4.56. The van der Waals surface area contributed by atoms with Gasteiger partial charge >= 0.3 is 0 Å². The van der Waals surface area contributed by atoms with Gasteiger partial charge in [-0.15, -0.1) is 0 Å². The summed E-state index contributed by atoms with van der Waals surface area (Å²) in [6.07, 6.45) is 2.99. The van der Waals surface area contributed by atoms with E-state index in [0.717, 1.165) is 6.42 Å². The molecule has 0 aliphatic heterocycles. The molecule has 0 bridgehead atoms. The minimum atomic E-state index is 0.151. The Morgan fingerprint density at radius 1 is 1.27 bits per heavy atom. The third-order valence-corrected chi connectivity index (χ3v) is 2.73. The van der Waals surface area contributed by atoms with Crippen molar-refractivity contribution in [3.63, 3.8) is 0 Å². The van der Waals surface area contributed by atoms with E-state index in [-0.39, 0.29) is 6.04 Å². The molecule has 1 atom stereocenters. The Hall–Kier alpha value is -1.28. The van der Waals surface area contributed by atoms with E-state index in [1.54, 1.807) is 0 Å². The summed E-state index contributed by atoms with van der Waals surface area (Å²) >= 11 is 0. The van der Waals surface area contributed by atoms with Gasteiger partial charge in [0.05, 0.1) is 0 Å². The van der Waals surface area contributed by atoms with Crippen LogP contribution in [0.5, 0.6) is 0 Å². The maximum absolute atomic E-state index is 6.14. The van der Waals surface area contributed by atoms with Gasteiger partial charge in [-0.1, -0.05) is 26.0 Å². The average Bonchev–Trinajstić information content (AvgIpc) is 2.62. The Morgan fingerprint density at radius 2 is 2.07 bits per heavy atom. The first kappa shape index (κ1) is 10.2. The molecule has 0 saturated carbocycles. The molecule has 0 aliphatic carbocycles. The van der Waals surface area contributed by atoms with E-state index in [9.17, 15) is 0 Å². The van der Waals surface area contributed by atoms with Crippen molar-refractivity contribution in [3.05, 3.63) is 36.0 Å². The highest BCUT2D eigenvalue weighted by atomic mass is 14.7. The van der Waals surface area contributed by atoms with Crippen LogP contribution in [0.3, 0.4) is 0 Å². The van der Waals surface area contributed by atoms with Gasteiger partial charge < -0.3 is 10.7 Å². The minimum absolute atomic E-state index is 0.151. The summed E-state index contributed by atoms with van der Waals surface area (Å²) in [6, 6.07) is 8.64. The van der Waals surface area contributed by atoms with Crippen LogP contribution in [0.2, 0.25) is 0 Å². The molecule has 0 fully saturated rings. The summed E-state index contributed by atoms with van der Waals surface area (Å²) in [7, 11) is 0. The van der Waals surface area contributed by atoms with Crippen LogP contribution in [0.25, 0.3) is 10.9 Å². The van der Waals surface area contributed by atoms with Crippen molar-refractivity contribution in [3.8, 4) is 0 Å². The van der Waals surface area contributed by atoms with Gasteiger partial charge in [0.2, 0.25) is 0 Å². The number of aromatic amines is 1.